The van der Waals surface area contributed by atoms with Crippen LogP contribution in [0.15, 0.2) is 12.1 Å². The van der Waals surface area contributed by atoms with Gasteiger partial charge in [-0.2, -0.15) is 0 Å². The van der Waals surface area contributed by atoms with Crippen LogP contribution in [0.4, 0.5) is 0 Å². The Bertz CT molecular complexity index is 292. The lowest BCUT2D eigenvalue weighted by Crippen LogP contribution is -2.41. The van der Waals surface area contributed by atoms with Gasteiger partial charge in [0, 0.05) is 9.75 Å². The molecule has 2 unspecified atom stereocenters. The molecule has 0 bridgehead atoms. The third kappa shape index (κ3) is 1.02. The van der Waals surface area contributed by atoms with Gasteiger partial charge in [0.25, 0.3) is 0 Å². The van der Waals surface area contributed by atoms with Gasteiger partial charge in [0.05, 0.1) is 0 Å². The van der Waals surface area contributed by atoms with E-state index in [0.29, 0.717) is 5.92 Å². The summed E-state index contributed by atoms with van der Waals surface area (Å²) in [5, 5.41) is 10.2. The third-order valence-corrected chi connectivity index (χ3v) is 4.11. The van der Waals surface area contributed by atoms with Gasteiger partial charge in [0.1, 0.15) is 5.60 Å². The maximum absolute atomic E-state index is 10.2. The Morgan fingerprint density at radius 3 is 2.67 bits per heavy atom. The Balaban J connectivity index is 2.30. The normalized spacial score (nSPS) is 34.8. The van der Waals surface area contributed by atoms with E-state index in [1.807, 2.05) is 0 Å². The van der Waals surface area contributed by atoms with Crippen molar-refractivity contribution < 1.29 is 5.11 Å². The lowest BCUT2D eigenvalue weighted by molar-refractivity contribution is -0.0900. The van der Waals surface area contributed by atoms with Crippen LogP contribution < -0.4 is 0 Å². The first-order valence-corrected chi connectivity index (χ1v) is 5.24. The summed E-state index contributed by atoms with van der Waals surface area (Å²) in [6.07, 6.45) is 2.10. The van der Waals surface area contributed by atoms with Crippen LogP contribution in [0, 0.1) is 12.8 Å². The predicted molar refractivity (Wildman–Crippen MR) is 51.4 cm³/mol. The van der Waals surface area contributed by atoms with Gasteiger partial charge in [-0.15, -0.1) is 11.3 Å². The van der Waals surface area contributed by atoms with Crippen LogP contribution in [0.2, 0.25) is 0 Å². The van der Waals surface area contributed by atoms with Gasteiger partial charge in [-0.05, 0) is 37.8 Å². The molecule has 1 N–H and O–H groups in total. The Labute approximate surface area is 77.0 Å². The average molecular weight is 182 g/mol. The summed E-state index contributed by atoms with van der Waals surface area (Å²) in [5.74, 6) is 0.440. The Morgan fingerprint density at radius 1 is 1.58 bits per heavy atom. The molecular formula is C10H14OS. The highest BCUT2D eigenvalue weighted by Gasteiger charge is 2.44. The largest absolute Gasteiger partial charge is 0.384 e. The van der Waals surface area contributed by atoms with Crippen LogP contribution in [0.25, 0.3) is 0 Å². The molecular weight excluding hydrogens is 168 g/mol. The summed E-state index contributed by atoms with van der Waals surface area (Å²) in [7, 11) is 0. The minimum Gasteiger partial charge on any atom is -0.384 e. The minimum absolute atomic E-state index is 0.440. The summed E-state index contributed by atoms with van der Waals surface area (Å²) < 4.78 is 0. The number of thiophene rings is 1. The van der Waals surface area contributed by atoms with Crippen molar-refractivity contribution in [3.63, 3.8) is 0 Å². The van der Waals surface area contributed by atoms with Gasteiger partial charge < -0.3 is 5.11 Å². The Morgan fingerprint density at radius 2 is 2.33 bits per heavy atom. The first-order chi connectivity index (χ1) is 5.63. The summed E-state index contributed by atoms with van der Waals surface area (Å²) in [5.41, 5.74) is -0.487. The molecule has 1 fully saturated rings. The molecule has 0 radical (unpaired) electrons. The number of aliphatic hydroxyl groups is 1. The smallest absolute Gasteiger partial charge is 0.101 e. The Hall–Kier alpha value is -0.340. The van der Waals surface area contributed by atoms with Crippen molar-refractivity contribution in [3.05, 3.63) is 21.9 Å². The maximum Gasteiger partial charge on any atom is 0.101 e. The van der Waals surface area contributed by atoms with Crippen LogP contribution in [-0.4, -0.2) is 5.11 Å². The van der Waals surface area contributed by atoms with E-state index in [-0.39, 0.29) is 0 Å². The quantitative estimate of drug-likeness (QED) is 0.708. The summed E-state index contributed by atoms with van der Waals surface area (Å²) in [4.78, 5) is 2.44. The van der Waals surface area contributed by atoms with Gasteiger partial charge in [-0.1, -0.05) is 6.92 Å². The SMILES string of the molecule is Cc1ccc(C2(O)CCC2C)s1. The molecule has 1 aliphatic carbocycles. The van der Waals surface area contributed by atoms with Crippen molar-refractivity contribution in [1.82, 2.24) is 0 Å². The highest BCUT2D eigenvalue weighted by atomic mass is 32.1. The molecule has 2 atom stereocenters. The number of rotatable bonds is 1. The van der Waals surface area contributed by atoms with Gasteiger partial charge in [-0.3, -0.25) is 0 Å². The molecule has 12 heavy (non-hydrogen) atoms. The molecule has 2 rings (SSSR count). The second kappa shape index (κ2) is 2.57. The van der Waals surface area contributed by atoms with E-state index in [2.05, 4.69) is 26.0 Å². The van der Waals surface area contributed by atoms with Crippen molar-refractivity contribution in [1.29, 1.82) is 0 Å². The number of hydrogen-bond acceptors (Lipinski definition) is 2. The molecule has 0 amide bonds. The van der Waals surface area contributed by atoms with Gasteiger partial charge in [0.15, 0.2) is 0 Å². The van der Waals surface area contributed by atoms with Crippen LogP contribution >= 0.6 is 11.3 Å². The average Bonchev–Trinajstić information content (AvgIpc) is 2.47. The molecule has 1 aromatic rings. The fourth-order valence-electron chi connectivity index (χ4n) is 1.74. The van der Waals surface area contributed by atoms with Gasteiger partial charge in [-0.25, -0.2) is 0 Å². The monoisotopic (exact) mass is 182 g/mol. The third-order valence-electron chi connectivity index (χ3n) is 2.94. The fourth-order valence-corrected chi connectivity index (χ4v) is 2.84. The van der Waals surface area contributed by atoms with E-state index in [1.54, 1.807) is 11.3 Å². The van der Waals surface area contributed by atoms with E-state index in [4.69, 9.17) is 0 Å². The summed E-state index contributed by atoms with van der Waals surface area (Å²) in [6.45, 7) is 4.21. The molecule has 0 aliphatic heterocycles. The zero-order valence-corrected chi connectivity index (χ0v) is 8.32. The fraction of sp³-hybridized carbons (Fsp3) is 0.600. The molecule has 1 heterocycles. The molecule has 1 saturated carbocycles. The predicted octanol–water partition coefficient (Wildman–Crippen LogP) is 2.67. The van der Waals surface area contributed by atoms with Crippen molar-refractivity contribution in [2.75, 3.05) is 0 Å². The molecule has 0 spiro atoms. The second-order valence-corrected chi connectivity index (χ2v) is 5.06. The van der Waals surface area contributed by atoms with E-state index in [1.165, 1.54) is 4.88 Å². The molecule has 0 aromatic carbocycles. The zero-order valence-electron chi connectivity index (χ0n) is 7.50. The maximum atomic E-state index is 10.2. The van der Waals surface area contributed by atoms with Crippen LogP contribution in [0.3, 0.4) is 0 Å². The van der Waals surface area contributed by atoms with Crippen molar-refractivity contribution in [2.24, 2.45) is 5.92 Å². The highest BCUT2D eigenvalue weighted by Crippen LogP contribution is 2.48. The molecule has 66 valence electrons. The lowest BCUT2D eigenvalue weighted by Gasteiger charge is -2.42. The van der Waals surface area contributed by atoms with Gasteiger partial charge in [0.2, 0.25) is 0 Å². The number of aryl methyl sites for hydroxylation is 1. The molecule has 1 aliphatic rings. The van der Waals surface area contributed by atoms with E-state index in [0.717, 1.165) is 17.7 Å². The first-order valence-electron chi connectivity index (χ1n) is 4.42. The topological polar surface area (TPSA) is 20.2 Å². The van der Waals surface area contributed by atoms with E-state index >= 15 is 0 Å². The number of hydrogen-bond donors (Lipinski definition) is 1. The zero-order chi connectivity index (χ0) is 8.77. The molecule has 2 heteroatoms. The highest BCUT2D eigenvalue weighted by molar-refractivity contribution is 7.12. The summed E-state index contributed by atoms with van der Waals surface area (Å²) >= 11 is 1.72. The minimum atomic E-state index is -0.487. The van der Waals surface area contributed by atoms with Crippen LogP contribution in [-0.2, 0) is 5.60 Å². The second-order valence-electron chi connectivity index (χ2n) is 3.77. The van der Waals surface area contributed by atoms with E-state index < -0.39 is 5.60 Å². The standard InChI is InChI=1S/C10H14OS/c1-7-5-6-10(7,11)9-4-3-8(2)12-9/h3-4,7,11H,5-6H2,1-2H3. The molecule has 0 saturated heterocycles. The Kier molecular flexibility index (Phi) is 1.77. The van der Waals surface area contributed by atoms with Crippen molar-refractivity contribution in [3.8, 4) is 0 Å². The molecule has 1 nitrogen and oxygen atoms in total. The van der Waals surface area contributed by atoms with Crippen molar-refractivity contribution in [2.45, 2.75) is 32.3 Å². The first kappa shape index (κ1) is 8.27. The molecule has 1 aromatic heterocycles. The van der Waals surface area contributed by atoms with Crippen LogP contribution in [0.5, 0.6) is 0 Å². The van der Waals surface area contributed by atoms with Crippen molar-refractivity contribution >= 4 is 11.3 Å². The lowest BCUT2D eigenvalue weighted by atomic mass is 9.70. The van der Waals surface area contributed by atoms with E-state index in [9.17, 15) is 5.11 Å². The van der Waals surface area contributed by atoms with Gasteiger partial charge >= 0.3 is 0 Å². The van der Waals surface area contributed by atoms with Crippen LogP contribution in [0.1, 0.15) is 29.5 Å². The summed E-state index contributed by atoms with van der Waals surface area (Å²) in [6, 6.07) is 4.15.